The normalized spacial score (nSPS) is 13.7. The van der Waals surface area contributed by atoms with Crippen LogP contribution in [0.5, 0.6) is 0 Å². The first kappa shape index (κ1) is 10.6. The summed E-state index contributed by atoms with van der Waals surface area (Å²) in [5.41, 5.74) is 6.06. The van der Waals surface area contributed by atoms with Gasteiger partial charge in [-0.05, 0) is 35.6 Å². The van der Waals surface area contributed by atoms with E-state index in [0.717, 1.165) is 15.0 Å². The molecule has 1 nitrogen and oxygen atoms in total. The molecule has 2 rings (SSSR count). The third-order valence-electron chi connectivity index (χ3n) is 2.54. The summed E-state index contributed by atoms with van der Waals surface area (Å²) >= 11 is 1.65. The first-order chi connectivity index (χ1) is 7.08. The van der Waals surface area contributed by atoms with Crippen molar-refractivity contribution in [2.24, 2.45) is 11.7 Å². The Morgan fingerprint density at radius 3 is 2.67 bits per heavy atom. The van der Waals surface area contributed by atoms with Crippen LogP contribution in [-0.4, -0.2) is 0 Å². The lowest BCUT2D eigenvalue weighted by Gasteiger charge is -2.12. The second kappa shape index (κ2) is 3.91. The Bertz CT molecular complexity index is 475. The minimum Gasteiger partial charge on any atom is -0.323 e. The van der Waals surface area contributed by atoms with Crippen LogP contribution >= 0.6 is 11.3 Å². The monoisotopic (exact) mass is 223 g/mol. The minimum atomic E-state index is -0.190. The van der Waals surface area contributed by atoms with Gasteiger partial charge in [0.2, 0.25) is 0 Å². The molecule has 0 aliphatic rings. The number of benzene rings is 1. The number of rotatable bonds is 2. The second-order valence-electron chi connectivity index (χ2n) is 4.10. The quantitative estimate of drug-likeness (QED) is 0.825. The molecule has 0 bridgehead atoms. The summed E-state index contributed by atoms with van der Waals surface area (Å²) in [4.78, 5) is 1.13. The fourth-order valence-corrected chi connectivity index (χ4v) is 2.75. The van der Waals surface area contributed by atoms with Crippen molar-refractivity contribution in [1.29, 1.82) is 0 Å². The van der Waals surface area contributed by atoms with Gasteiger partial charge in [-0.15, -0.1) is 11.3 Å². The van der Waals surface area contributed by atoms with Crippen LogP contribution in [0, 0.1) is 11.7 Å². The first-order valence-electron chi connectivity index (χ1n) is 5.02. The molecule has 0 saturated carbocycles. The van der Waals surface area contributed by atoms with Crippen LogP contribution < -0.4 is 5.73 Å². The highest BCUT2D eigenvalue weighted by molar-refractivity contribution is 7.19. The lowest BCUT2D eigenvalue weighted by Crippen LogP contribution is -2.14. The molecule has 0 saturated heterocycles. The predicted octanol–water partition coefficient (Wildman–Crippen LogP) is 3.70. The Balaban J connectivity index is 2.47. The van der Waals surface area contributed by atoms with E-state index in [1.807, 2.05) is 12.1 Å². The second-order valence-corrected chi connectivity index (χ2v) is 5.22. The van der Waals surface area contributed by atoms with Gasteiger partial charge < -0.3 is 5.73 Å². The summed E-state index contributed by atoms with van der Waals surface area (Å²) in [5, 5.41) is 0.950. The molecule has 1 aromatic heterocycles. The van der Waals surface area contributed by atoms with Crippen molar-refractivity contribution >= 4 is 21.4 Å². The maximum atomic E-state index is 13.0. The van der Waals surface area contributed by atoms with Crippen molar-refractivity contribution in [1.82, 2.24) is 0 Å². The molecule has 0 radical (unpaired) electrons. The zero-order valence-electron chi connectivity index (χ0n) is 8.83. The lowest BCUT2D eigenvalue weighted by molar-refractivity contribution is 0.522. The molecule has 0 fully saturated rings. The third kappa shape index (κ3) is 2.03. The van der Waals surface area contributed by atoms with Gasteiger partial charge in [0.05, 0.1) is 0 Å². The van der Waals surface area contributed by atoms with Crippen LogP contribution in [0.3, 0.4) is 0 Å². The van der Waals surface area contributed by atoms with Crippen molar-refractivity contribution in [2.45, 2.75) is 19.9 Å². The van der Waals surface area contributed by atoms with Crippen molar-refractivity contribution < 1.29 is 4.39 Å². The Labute approximate surface area is 92.7 Å². The molecule has 0 aliphatic heterocycles. The number of thiophene rings is 1. The Morgan fingerprint density at radius 2 is 2.00 bits per heavy atom. The van der Waals surface area contributed by atoms with Crippen LogP contribution in [0.2, 0.25) is 0 Å². The molecule has 15 heavy (non-hydrogen) atoms. The Hall–Kier alpha value is -0.930. The number of hydrogen-bond acceptors (Lipinski definition) is 2. The highest BCUT2D eigenvalue weighted by Gasteiger charge is 2.13. The van der Waals surface area contributed by atoms with E-state index in [9.17, 15) is 4.39 Å². The zero-order valence-corrected chi connectivity index (χ0v) is 9.64. The number of hydrogen-bond donors (Lipinski definition) is 1. The van der Waals surface area contributed by atoms with Crippen LogP contribution in [0.4, 0.5) is 4.39 Å². The fourth-order valence-electron chi connectivity index (χ4n) is 1.53. The van der Waals surface area contributed by atoms with E-state index < -0.39 is 0 Å². The molecule has 2 aromatic rings. The van der Waals surface area contributed by atoms with Gasteiger partial charge in [-0.2, -0.15) is 0 Å². The number of nitrogens with two attached hydrogens (primary N) is 1. The number of fused-ring (bicyclic) bond motifs is 1. The van der Waals surface area contributed by atoms with Gasteiger partial charge in [0.15, 0.2) is 0 Å². The van der Waals surface area contributed by atoms with Crippen molar-refractivity contribution in [3.8, 4) is 0 Å². The molecule has 2 N–H and O–H groups in total. The van der Waals surface area contributed by atoms with Gasteiger partial charge in [0, 0.05) is 15.6 Å². The smallest absolute Gasteiger partial charge is 0.123 e. The molecule has 1 aromatic carbocycles. The molecular formula is C12H14FNS. The average molecular weight is 223 g/mol. The highest BCUT2D eigenvalue weighted by atomic mass is 32.1. The molecule has 80 valence electrons. The van der Waals surface area contributed by atoms with Crippen LogP contribution in [-0.2, 0) is 0 Å². The average Bonchev–Trinajstić information content (AvgIpc) is 2.58. The molecule has 0 aliphatic carbocycles. The molecule has 1 atom stereocenters. The predicted molar refractivity (Wildman–Crippen MR) is 63.5 cm³/mol. The summed E-state index contributed by atoms with van der Waals surface area (Å²) in [5.74, 6) is 0.216. The van der Waals surface area contributed by atoms with Gasteiger partial charge in [-0.1, -0.05) is 13.8 Å². The zero-order chi connectivity index (χ0) is 11.0. The van der Waals surface area contributed by atoms with Gasteiger partial charge in [-0.3, -0.25) is 0 Å². The van der Waals surface area contributed by atoms with Gasteiger partial charge in [0.1, 0.15) is 5.82 Å². The molecule has 0 amide bonds. The van der Waals surface area contributed by atoms with Crippen LogP contribution in [0.1, 0.15) is 24.8 Å². The maximum Gasteiger partial charge on any atom is 0.123 e. The van der Waals surface area contributed by atoms with Crippen molar-refractivity contribution in [3.63, 3.8) is 0 Å². The molecule has 1 heterocycles. The lowest BCUT2D eigenvalue weighted by atomic mass is 10.0. The Morgan fingerprint density at radius 1 is 1.27 bits per heavy atom. The number of halogens is 1. The summed E-state index contributed by atoms with van der Waals surface area (Å²) in [6, 6.07) is 6.90. The Kier molecular flexibility index (Phi) is 2.76. The van der Waals surface area contributed by atoms with Gasteiger partial charge >= 0.3 is 0 Å². The van der Waals surface area contributed by atoms with Gasteiger partial charge in [0.25, 0.3) is 0 Å². The van der Waals surface area contributed by atoms with E-state index in [1.165, 1.54) is 6.07 Å². The van der Waals surface area contributed by atoms with E-state index >= 15 is 0 Å². The van der Waals surface area contributed by atoms with E-state index in [1.54, 1.807) is 17.4 Å². The fraction of sp³-hybridized carbons (Fsp3) is 0.333. The summed E-state index contributed by atoms with van der Waals surface area (Å²) in [6.45, 7) is 4.19. The summed E-state index contributed by atoms with van der Waals surface area (Å²) in [6.07, 6.45) is 0. The molecule has 3 heteroatoms. The van der Waals surface area contributed by atoms with E-state index in [4.69, 9.17) is 5.73 Å². The van der Waals surface area contributed by atoms with Crippen molar-refractivity contribution in [3.05, 3.63) is 35.0 Å². The van der Waals surface area contributed by atoms with E-state index in [-0.39, 0.29) is 11.9 Å². The minimum absolute atomic E-state index is 0.0467. The third-order valence-corrected chi connectivity index (χ3v) is 3.76. The molecule has 0 spiro atoms. The van der Waals surface area contributed by atoms with Gasteiger partial charge in [-0.25, -0.2) is 4.39 Å². The summed E-state index contributed by atoms with van der Waals surface area (Å²) < 4.78 is 14.1. The topological polar surface area (TPSA) is 26.0 Å². The van der Waals surface area contributed by atoms with Crippen LogP contribution in [0.25, 0.3) is 10.1 Å². The standard InChI is InChI=1S/C12H14FNS/c1-7(2)12(14)11-6-8-5-9(13)3-4-10(8)15-11/h3-7,12H,14H2,1-2H3. The highest BCUT2D eigenvalue weighted by Crippen LogP contribution is 2.32. The largest absolute Gasteiger partial charge is 0.323 e. The summed E-state index contributed by atoms with van der Waals surface area (Å²) in [7, 11) is 0. The maximum absolute atomic E-state index is 13.0. The first-order valence-corrected chi connectivity index (χ1v) is 5.84. The van der Waals surface area contributed by atoms with Crippen LogP contribution in [0.15, 0.2) is 24.3 Å². The molecular weight excluding hydrogens is 209 g/mol. The van der Waals surface area contributed by atoms with Crippen molar-refractivity contribution in [2.75, 3.05) is 0 Å². The molecule has 1 unspecified atom stereocenters. The van der Waals surface area contributed by atoms with E-state index in [2.05, 4.69) is 13.8 Å². The van der Waals surface area contributed by atoms with E-state index in [0.29, 0.717) is 5.92 Å². The SMILES string of the molecule is CC(C)C(N)c1cc2cc(F)ccc2s1.